The number of hydrogen-bond donors (Lipinski definition) is 1. The van der Waals surface area contributed by atoms with E-state index in [1.54, 1.807) is 6.20 Å². The summed E-state index contributed by atoms with van der Waals surface area (Å²) in [5.41, 5.74) is 0. The summed E-state index contributed by atoms with van der Waals surface area (Å²) in [4.78, 5) is 8.42. The summed E-state index contributed by atoms with van der Waals surface area (Å²) >= 11 is 1.45. The van der Waals surface area contributed by atoms with Gasteiger partial charge in [0.2, 0.25) is 5.13 Å². The molecule has 0 spiro atoms. The number of aryl methyl sites for hydroxylation is 2. The van der Waals surface area contributed by atoms with Crippen LogP contribution in [0.5, 0.6) is 0 Å². The number of aromatic nitrogens is 4. The van der Waals surface area contributed by atoms with Gasteiger partial charge in [0, 0.05) is 43.4 Å². The van der Waals surface area contributed by atoms with Crippen molar-refractivity contribution in [2.45, 2.75) is 32.7 Å². The highest BCUT2D eigenvalue weighted by molar-refractivity contribution is 7.09. The Balaban J connectivity index is 1.67. The summed E-state index contributed by atoms with van der Waals surface area (Å²) in [6.07, 6.45) is 8.73. The van der Waals surface area contributed by atoms with E-state index in [9.17, 15) is 0 Å². The molecule has 0 aliphatic heterocycles. The Bertz CT molecular complexity index is 423. The number of nitrogens with zero attached hydrogens (tertiary/aromatic N) is 4. The summed E-state index contributed by atoms with van der Waals surface area (Å²) in [7, 11) is 0. The molecule has 17 heavy (non-hydrogen) atoms. The normalized spacial score (nSPS) is 10.6. The molecule has 2 aromatic heterocycles. The lowest BCUT2D eigenvalue weighted by atomic mass is 10.3. The molecule has 0 radical (unpaired) electrons. The number of imidazole rings is 1. The highest BCUT2D eigenvalue weighted by Crippen LogP contribution is 2.11. The Kier molecular flexibility index (Phi) is 4.49. The van der Waals surface area contributed by atoms with E-state index in [2.05, 4.69) is 31.1 Å². The van der Waals surface area contributed by atoms with Gasteiger partial charge < -0.3 is 9.88 Å². The fourth-order valence-corrected chi connectivity index (χ4v) is 2.16. The van der Waals surface area contributed by atoms with Crippen molar-refractivity contribution in [3.8, 4) is 0 Å². The molecule has 2 aromatic rings. The Labute approximate surface area is 105 Å². The van der Waals surface area contributed by atoms with Gasteiger partial charge in [-0.1, -0.05) is 6.92 Å². The molecule has 6 heteroatoms. The highest BCUT2D eigenvalue weighted by atomic mass is 32.1. The van der Waals surface area contributed by atoms with Crippen molar-refractivity contribution in [1.82, 2.24) is 18.9 Å². The van der Waals surface area contributed by atoms with Gasteiger partial charge >= 0.3 is 0 Å². The van der Waals surface area contributed by atoms with Crippen LogP contribution in [0, 0.1) is 0 Å². The lowest BCUT2D eigenvalue weighted by Crippen LogP contribution is -2.05. The lowest BCUT2D eigenvalue weighted by molar-refractivity contribution is 0.660. The average Bonchev–Trinajstić information content (AvgIpc) is 2.96. The minimum atomic E-state index is 0.916. The number of hydrogen-bond acceptors (Lipinski definition) is 5. The van der Waals surface area contributed by atoms with Crippen molar-refractivity contribution in [1.29, 1.82) is 0 Å². The molecule has 0 amide bonds. The molecule has 0 aliphatic rings. The Morgan fingerprint density at radius 3 is 3.18 bits per heavy atom. The van der Waals surface area contributed by atoms with Crippen LogP contribution in [0.1, 0.15) is 25.6 Å². The van der Waals surface area contributed by atoms with Gasteiger partial charge in [0.15, 0.2) is 0 Å². The molecule has 0 bridgehead atoms. The molecule has 2 rings (SSSR count). The average molecular weight is 251 g/mol. The van der Waals surface area contributed by atoms with Crippen LogP contribution >= 0.6 is 11.5 Å². The van der Waals surface area contributed by atoms with E-state index in [-0.39, 0.29) is 0 Å². The van der Waals surface area contributed by atoms with Crippen LogP contribution in [-0.2, 0) is 13.0 Å². The second kappa shape index (κ2) is 6.34. The second-order valence-corrected chi connectivity index (χ2v) is 4.60. The molecule has 0 aliphatic carbocycles. The first-order valence-corrected chi connectivity index (χ1v) is 6.68. The lowest BCUT2D eigenvalue weighted by Gasteiger charge is -2.02. The largest absolute Gasteiger partial charge is 0.360 e. The summed E-state index contributed by atoms with van der Waals surface area (Å²) in [5.74, 6) is 0.953. The van der Waals surface area contributed by atoms with E-state index in [1.807, 2.05) is 12.5 Å². The summed E-state index contributed by atoms with van der Waals surface area (Å²) < 4.78 is 6.36. The predicted octanol–water partition coefficient (Wildman–Crippen LogP) is 2.19. The molecule has 0 fully saturated rings. The first-order chi connectivity index (χ1) is 8.38. The molecule has 0 aromatic carbocycles. The zero-order chi connectivity index (χ0) is 11.9. The quantitative estimate of drug-likeness (QED) is 0.766. The van der Waals surface area contributed by atoms with Gasteiger partial charge in [0.1, 0.15) is 5.82 Å². The van der Waals surface area contributed by atoms with Crippen molar-refractivity contribution in [2.24, 2.45) is 0 Å². The zero-order valence-corrected chi connectivity index (χ0v) is 10.8. The van der Waals surface area contributed by atoms with Crippen molar-refractivity contribution < 1.29 is 0 Å². The maximum absolute atomic E-state index is 4.41. The molecular formula is C11H17N5S. The van der Waals surface area contributed by atoms with Crippen LogP contribution in [0.2, 0.25) is 0 Å². The van der Waals surface area contributed by atoms with E-state index in [0.717, 1.165) is 43.3 Å². The van der Waals surface area contributed by atoms with Crippen molar-refractivity contribution in [2.75, 3.05) is 11.9 Å². The maximum Gasteiger partial charge on any atom is 0.202 e. The third kappa shape index (κ3) is 3.81. The number of nitrogens with one attached hydrogen (secondary N) is 1. The van der Waals surface area contributed by atoms with Crippen LogP contribution < -0.4 is 5.32 Å². The molecule has 0 saturated heterocycles. The maximum atomic E-state index is 4.41. The fraction of sp³-hybridized carbons (Fsp3) is 0.545. The second-order valence-electron chi connectivity index (χ2n) is 3.85. The highest BCUT2D eigenvalue weighted by Gasteiger charge is 2.01. The minimum Gasteiger partial charge on any atom is -0.360 e. The van der Waals surface area contributed by atoms with Crippen molar-refractivity contribution in [3.05, 3.63) is 24.5 Å². The Morgan fingerprint density at radius 1 is 1.47 bits per heavy atom. The van der Waals surface area contributed by atoms with Gasteiger partial charge in [-0.2, -0.15) is 4.37 Å². The monoisotopic (exact) mass is 251 g/mol. The molecule has 2 heterocycles. The standard InChI is InChI=1S/C11H17N5S/c1-2-4-10-14-11(17-15-10)13-5-3-7-16-8-6-12-9-16/h6,8-9H,2-5,7H2,1H3,(H,13,14,15). The minimum absolute atomic E-state index is 0.916. The van der Waals surface area contributed by atoms with Crippen LogP contribution in [0.25, 0.3) is 0 Å². The van der Waals surface area contributed by atoms with Crippen molar-refractivity contribution >= 4 is 16.7 Å². The summed E-state index contributed by atoms with van der Waals surface area (Å²) in [6.45, 7) is 4.03. The van der Waals surface area contributed by atoms with Gasteiger partial charge in [-0.25, -0.2) is 9.97 Å². The Hall–Kier alpha value is -1.43. The summed E-state index contributed by atoms with van der Waals surface area (Å²) in [6, 6.07) is 0. The number of rotatable bonds is 7. The molecule has 0 unspecified atom stereocenters. The third-order valence-electron chi connectivity index (χ3n) is 2.37. The molecule has 0 atom stereocenters. The van der Waals surface area contributed by atoms with Gasteiger partial charge in [0.25, 0.3) is 0 Å². The topological polar surface area (TPSA) is 55.6 Å². The fourth-order valence-electron chi connectivity index (χ4n) is 1.53. The van der Waals surface area contributed by atoms with Crippen LogP contribution in [-0.4, -0.2) is 25.5 Å². The van der Waals surface area contributed by atoms with Crippen LogP contribution in [0.3, 0.4) is 0 Å². The first kappa shape index (κ1) is 12.0. The zero-order valence-electron chi connectivity index (χ0n) is 9.96. The summed E-state index contributed by atoms with van der Waals surface area (Å²) in [5, 5.41) is 4.23. The SMILES string of the molecule is CCCc1nsc(NCCCn2ccnc2)n1. The van der Waals surface area contributed by atoms with E-state index in [1.165, 1.54) is 11.5 Å². The third-order valence-corrected chi connectivity index (χ3v) is 3.08. The van der Waals surface area contributed by atoms with Gasteiger partial charge in [-0.3, -0.25) is 0 Å². The van der Waals surface area contributed by atoms with Crippen molar-refractivity contribution in [3.63, 3.8) is 0 Å². The van der Waals surface area contributed by atoms with E-state index >= 15 is 0 Å². The van der Waals surface area contributed by atoms with Gasteiger partial charge in [0.05, 0.1) is 6.33 Å². The first-order valence-electron chi connectivity index (χ1n) is 5.90. The van der Waals surface area contributed by atoms with Gasteiger partial charge in [-0.15, -0.1) is 0 Å². The number of anilines is 1. The van der Waals surface area contributed by atoms with Gasteiger partial charge in [-0.05, 0) is 12.8 Å². The molecule has 92 valence electrons. The van der Waals surface area contributed by atoms with E-state index < -0.39 is 0 Å². The Morgan fingerprint density at radius 2 is 2.41 bits per heavy atom. The molecule has 5 nitrogen and oxygen atoms in total. The molecule has 0 saturated carbocycles. The van der Waals surface area contributed by atoms with Crippen LogP contribution in [0.4, 0.5) is 5.13 Å². The van der Waals surface area contributed by atoms with Crippen LogP contribution in [0.15, 0.2) is 18.7 Å². The molecule has 1 N–H and O–H groups in total. The van der Waals surface area contributed by atoms with E-state index in [0.29, 0.717) is 0 Å². The smallest absolute Gasteiger partial charge is 0.202 e. The predicted molar refractivity (Wildman–Crippen MR) is 69.2 cm³/mol. The van der Waals surface area contributed by atoms with E-state index in [4.69, 9.17) is 0 Å². The molecular weight excluding hydrogens is 234 g/mol.